The van der Waals surface area contributed by atoms with Crippen LogP contribution in [-0.2, 0) is 0 Å². The van der Waals surface area contributed by atoms with Crippen molar-refractivity contribution in [3.05, 3.63) is 58.7 Å². The highest BCUT2D eigenvalue weighted by Crippen LogP contribution is 2.28. The molecule has 1 aromatic heterocycles. The zero-order valence-electron chi connectivity index (χ0n) is 10.2. The summed E-state index contributed by atoms with van der Waals surface area (Å²) in [5.74, 6) is -0.667. The van der Waals surface area contributed by atoms with Gasteiger partial charge in [-0.3, -0.25) is 4.79 Å². The number of hydrogen-bond donors (Lipinski definition) is 3. The Bertz CT molecular complexity index is 823. The Kier molecular flexibility index (Phi) is 2.88. The Hall–Kier alpha value is -2.46. The lowest BCUT2D eigenvalue weighted by Gasteiger charge is -2.03. The lowest BCUT2D eigenvalue weighted by atomic mass is 10.0. The van der Waals surface area contributed by atoms with Crippen molar-refractivity contribution in [2.24, 2.45) is 0 Å². The molecule has 0 amide bonds. The Labute approximate surface area is 119 Å². The third-order valence-electron chi connectivity index (χ3n) is 3.11. The fraction of sp³-hybridized carbons (Fsp3) is 0. The standard InChI is InChI=1S/C15H10ClNO3/c16-8-1-3-10-12(7-17-13(10)5-8)15(20)11-4-2-9(18)6-14(11)19/h1-7,17-19H. The molecule has 0 unspecified atom stereocenters. The van der Waals surface area contributed by atoms with Crippen LogP contribution in [0, 0.1) is 0 Å². The van der Waals surface area contributed by atoms with Crippen LogP contribution in [0.1, 0.15) is 15.9 Å². The first-order valence-corrected chi connectivity index (χ1v) is 6.27. The molecule has 0 aliphatic rings. The normalized spacial score (nSPS) is 10.8. The number of carbonyl (C=O) groups is 1. The van der Waals surface area contributed by atoms with Gasteiger partial charge in [-0.2, -0.15) is 0 Å². The van der Waals surface area contributed by atoms with Crippen LogP contribution in [0.15, 0.2) is 42.6 Å². The number of fused-ring (bicyclic) bond motifs is 1. The second-order valence-electron chi connectivity index (χ2n) is 4.42. The number of ketones is 1. The number of aromatic amines is 1. The summed E-state index contributed by atoms with van der Waals surface area (Å²) in [6.07, 6.45) is 1.58. The number of nitrogens with one attached hydrogen (secondary N) is 1. The maximum absolute atomic E-state index is 12.4. The number of phenolic OH excluding ortho intramolecular Hbond substituents is 2. The molecule has 0 spiro atoms. The molecule has 0 bridgehead atoms. The van der Waals surface area contributed by atoms with Gasteiger partial charge in [0.05, 0.1) is 5.56 Å². The summed E-state index contributed by atoms with van der Waals surface area (Å²) in [6, 6.07) is 9.06. The quantitative estimate of drug-likeness (QED) is 0.632. The van der Waals surface area contributed by atoms with Gasteiger partial charge in [0.1, 0.15) is 11.5 Å². The molecular formula is C15H10ClNO3. The van der Waals surface area contributed by atoms with E-state index in [4.69, 9.17) is 11.6 Å². The highest BCUT2D eigenvalue weighted by Gasteiger charge is 2.17. The number of H-pyrrole nitrogens is 1. The van der Waals surface area contributed by atoms with Crippen molar-refractivity contribution in [3.8, 4) is 11.5 Å². The lowest BCUT2D eigenvalue weighted by molar-refractivity contribution is 0.103. The van der Waals surface area contributed by atoms with Gasteiger partial charge in [-0.15, -0.1) is 0 Å². The van der Waals surface area contributed by atoms with Gasteiger partial charge in [-0.05, 0) is 24.3 Å². The second-order valence-corrected chi connectivity index (χ2v) is 4.86. The zero-order valence-corrected chi connectivity index (χ0v) is 11.0. The van der Waals surface area contributed by atoms with E-state index >= 15 is 0 Å². The molecule has 0 saturated carbocycles. The minimum absolute atomic E-state index is 0.0928. The van der Waals surface area contributed by atoms with Crippen LogP contribution < -0.4 is 0 Å². The van der Waals surface area contributed by atoms with Crippen molar-refractivity contribution in [2.75, 3.05) is 0 Å². The van der Waals surface area contributed by atoms with Crippen LogP contribution in [0.2, 0.25) is 5.02 Å². The largest absolute Gasteiger partial charge is 0.508 e. The number of halogens is 1. The summed E-state index contributed by atoms with van der Waals surface area (Å²) in [7, 11) is 0. The van der Waals surface area contributed by atoms with E-state index in [0.717, 1.165) is 17.0 Å². The number of hydrogen-bond acceptors (Lipinski definition) is 3. The topological polar surface area (TPSA) is 73.3 Å². The van der Waals surface area contributed by atoms with Crippen LogP contribution in [0.3, 0.4) is 0 Å². The Balaban J connectivity index is 2.13. The number of benzene rings is 2. The zero-order chi connectivity index (χ0) is 14.3. The number of phenols is 2. The van der Waals surface area contributed by atoms with Gasteiger partial charge < -0.3 is 15.2 Å². The molecule has 3 N–H and O–H groups in total. The molecular weight excluding hydrogens is 278 g/mol. The van der Waals surface area contributed by atoms with E-state index in [0.29, 0.717) is 10.6 Å². The average Bonchev–Trinajstić information content (AvgIpc) is 2.80. The molecule has 100 valence electrons. The smallest absolute Gasteiger partial charge is 0.198 e. The predicted molar refractivity (Wildman–Crippen MR) is 76.5 cm³/mol. The van der Waals surface area contributed by atoms with Crippen LogP contribution in [0.25, 0.3) is 10.9 Å². The molecule has 3 rings (SSSR count). The summed E-state index contributed by atoms with van der Waals surface area (Å²) >= 11 is 5.89. The molecule has 0 aliphatic carbocycles. The maximum atomic E-state index is 12.4. The molecule has 0 atom stereocenters. The van der Waals surface area contributed by atoms with Gasteiger partial charge in [-0.25, -0.2) is 0 Å². The van der Waals surface area contributed by atoms with Gasteiger partial charge in [0, 0.05) is 33.8 Å². The molecule has 5 heteroatoms. The third kappa shape index (κ3) is 2.00. The lowest BCUT2D eigenvalue weighted by Crippen LogP contribution is -2.00. The first-order chi connectivity index (χ1) is 9.56. The molecule has 3 aromatic rings. The van der Waals surface area contributed by atoms with E-state index in [1.165, 1.54) is 12.1 Å². The highest BCUT2D eigenvalue weighted by atomic mass is 35.5. The molecule has 1 heterocycles. The molecule has 0 fully saturated rings. The number of rotatable bonds is 2. The Morgan fingerprint density at radius 1 is 1.05 bits per heavy atom. The number of carbonyl (C=O) groups excluding carboxylic acids is 1. The molecule has 0 radical (unpaired) electrons. The molecule has 4 nitrogen and oxygen atoms in total. The van der Waals surface area contributed by atoms with Gasteiger partial charge >= 0.3 is 0 Å². The third-order valence-corrected chi connectivity index (χ3v) is 3.35. The first kappa shape index (κ1) is 12.6. The number of aromatic hydroxyl groups is 2. The summed E-state index contributed by atoms with van der Waals surface area (Å²) in [5, 5.41) is 20.3. The Morgan fingerprint density at radius 3 is 2.60 bits per heavy atom. The van der Waals surface area contributed by atoms with Crippen LogP contribution in [-0.4, -0.2) is 21.0 Å². The van der Waals surface area contributed by atoms with Gasteiger partial charge in [-0.1, -0.05) is 17.7 Å². The van der Waals surface area contributed by atoms with E-state index in [-0.39, 0.29) is 22.8 Å². The van der Waals surface area contributed by atoms with Crippen molar-refractivity contribution in [1.29, 1.82) is 0 Å². The maximum Gasteiger partial charge on any atom is 0.198 e. The summed E-state index contributed by atoms with van der Waals surface area (Å²) in [4.78, 5) is 15.4. The van der Waals surface area contributed by atoms with E-state index in [9.17, 15) is 15.0 Å². The monoisotopic (exact) mass is 287 g/mol. The minimum atomic E-state index is -0.323. The highest BCUT2D eigenvalue weighted by molar-refractivity contribution is 6.31. The first-order valence-electron chi connectivity index (χ1n) is 5.89. The molecule has 2 aromatic carbocycles. The van der Waals surface area contributed by atoms with Crippen molar-refractivity contribution < 1.29 is 15.0 Å². The van der Waals surface area contributed by atoms with E-state index in [2.05, 4.69) is 4.98 Å². The summed E-state index contributed by atoms with van der Waals surface area (Å²) in [5.41, 5.74) is 1.33. The summed E-state index contributed by atoms with van der Waals surface area (Å²) < 4.78 is 0. The van der Waals surface area contributed by atoms with Crippen molar-refractivity contribution >= 4 is 28.3 Å². The van der Waals surface area contributed by atoms with Crippen molar-refractivity contribution in [3.63, 3.8) is 0 Å². The molecule has 20 heavy (non-hydrogen) atoms. The van der Waals surface area contributed by atoms with E-state index < -0.39 is 0 Å². The second kappa shape index (κ2) is 4.58. The van der Waals surface area contributed by atoms with E-state index in [1.807, 2.05) is 0 Å². The van der Waals surface area contributed by atoms with Crippen LogP contribution in [0.4, 0.5) is 0 Å². The molecule has 0 aliphatic heterocycles. The SMILES string of the molecule is O=C(c1ccc(O)cc1O)c1c[nH]c2cc(Cl)ccc12. The van der Waals surface area contributed by atoms with Gasteiger partial charge in [0.15, 0.2) is 5.78 Å². The predicted octanol–water partition coefficient (Wildman–Crippen LogP) is 3.46. The Morgan fingerprint density at radius 2 is 1.85 bits per heavy atom. The van der Waals surface area contributed by atoms with Gasteiger partial charge in [0.2, 0.25) is 0 Å². The van der Waals surface area contributed by atoms with Gasteiger partial charge in [0.25, 0.3) is 0 Å². The molecule has 0 saturated heterocycles. The number of aromatic nitrogens is 1. The summed E-state index contributed by atoms with van der Waals surface area (Å²) in [6.45, 7) is 0. The minimum Gasteiger partial charge on any atom is -0.508 e. The fourth-order valence-corrected chi connectivity index (χ4v) is 2.32. The van der Waals surface area contributed by atoms with Crippen molar-refractivity contribution in [2.45, 2.75) is 0 Å². The average molecular weight is 288 g/mol. The fourth-order valence-electron chi connectivity index (χ4n) is 2.14. The van der Waals surface area contributed by atoms with Crippen molar-refractivity contribution in [1.82, 2.24) is 4.98 Å². The van der Waals surface area contributed by atoms with Crippen LogP contribution in [0.5, 0.6) is 11.5 Å². The van der Waals surface area contributed by atoms with Crippen LogP contribution >= 0.6 is 11.6 Å². The van der Waals surface area contributed by atoms with E-state index in [1.54, 1.807) is 24.4 Å².